The number of aliphatic hydroxyl groups excluding tert-OH is 5. The van der Waals surface area contributed by atoms with Crippen LogP contribution in [0.2, 0.25) is 0 Å². The van der Waals surface area contributed by atoms with Gasteiger partial charge in [-0.1, -0.05) is 0 Å². The molecule has 550 valence electrons. The first kappa shape index (κ1) is 74.7. The van der Waals surface area contributed by atoms with Crippen LogP contribution in [0, 0.1) is 0 Å². The second-order valence-electron chi connectivity index (χ2n) is 22.0. The van der Waals surface area contributed by atoms with Gasteiger partial charge in [0.05, 0.1) is 33.0 Å². The van der Waals surface area contributed by atoms with Crippen LogP contribution in [-0.2, 0) is 91.7 Å². The number of aromatic nitrogens is 10. The van der Waals surface area contributed by atoms with Gasteiger partial charge in [-0.05, 0) is 0 Å². The third-order valence-corrected chi connectivity index (χ3v) is 20.4. The maximum atomic E-state index is 14.1. The van der Waals surface area contributed by atoms with Gasteiger partial charge in [0.2, 0.25) is 0 Å². The highest BCUT2D eigenvalue weighted by atomic mass is 31.2. The molecule has 100 heavy (non-hydrogen) atoms. The minimum absolute atomic E-state index is 0.475. The Morgan fingerprint density at radius 1 is 0.380 bits per heavy atom. The molecule has 6 aliphatic rings. The van der Waals surface area contributed by atoms with Gasteiger partial charge in [0.25, 0.3) is 27.8 Å². The van der Waals surface area contributed by atoms with Crippen molar-refractivity contribution in [3.8, 4) is 0 Å². The van der Waals surface area contributed by atoms with Crippen molar-refractivity contribution in [2.24, 2.45) is 0 Å². The topological polar surface area (TPSA) is 700 Å². The van der Waals surface area contributed by atoms with Crippen LogP contribution in [0.15, 0.2) is 109 Å². The molecule has 0 bridgehead atoms. The largest absolute Gasteiger partial charge is 0.473 e. The molecule has 25 atom stereocenters. The monoisotopic (exact) mass is 1530 g/mol. The van der Waals surface area contributed by atoms with E-state index in [1.54, 1.807) is 0 Å². The Balaban J connectivity index is 0.800. The first-order chi connectivity index (χ1) is 46.9. The SMILES string of the molecule is O=c1ccn([C@@H]2O[C@H](CO)[C@@H](OP(=O)(O)OC[C@H]3O[C@@H](n4ccc(=O)[nH]c4=O)[C@H](O)[C@@H]3OP(=O)(O)OC[C@H]3O[C@@H](n4ccc(=O)[nH]c4=O)[C@H](O)[C@@H]3OP(=O)(O)OC[C@H]3O[C@@H](n4ccc(=O)[nH]c4=O)[C@H](O)[C@@H]3OP(=O)(O)OC[C@H]3O[C@@H](n4ccc(=O)[nH]c4=O)[C@@H]4OP(=O)(O)O[C@@H]43)[C@H]2O)c(=O)[nH]1. The third kappa shape index (κ3) is 16.3. The molecular formula is C45H55N10O40P5. The van der Waals surface area contributed by atoms with Crippen molar-refractivity contribution in [1.29, 1.82) is 0 Å². The van der Waals surface area contributed by atoms with Gasteiger partial charge in [-0.3, -0.25) is 117 Å². The molecule has 0 aromatic carbocycles. The lowest BCUT2D eigenvalue weighted by molar-refractivity contribution is -0.0685. The summed E-state index contributed by atoms with van der Waals surface area (Å²) in [5.74, 6) is 0. The Hall–Kier alpha value is -6.45. The van der Waals surface area contributed by atoms with Crippen LogP contribution < -0.4 is 56.2 Å². The van der Waals surface area contributed by atoms with Crippen molar-refractivity contribution in [1.82, 2.24) is 47.8 Å². The molecule has 5 aromatic rings. The zero-order chi connectivity index (χ0) is 72.5. The summed E-state index contributed by atoms with van der Waals surface area (Å²) in [5.41, 5.74) is -10.8. The summed E-state index contributed by atoms with van der Waals surface area (Å²) in [4.78, 5) is 187. The van der Waals surface area contributed by atoms with E-state index in [1.807, 2.05) is 24.9 Å². The summed E-state index contributed by atoms with van der Waals surface area (Å²) in [7, 11) is -28.2. The number of phosphoric ester groups is 5. The molecule has 6 fully saturated rings. The number of rotatable bonds is 26. The maximum absolute atomic E-state index is 14.1. The second kappa shape index (κ2) is 29.0. The fourth-order valence-electron chi connectivity index (χ4n) is 11.1. The number of nitrogens with one attached hydrogen (secondary N) is 5. The molecule has 50 nitrogen and oxygen atoms in total. The standard InChI is InChI=1S/C45H55N10O40P5/c56-11-16-30(26(62)36(85-16)51-6-1-21(57)46-41(51)66)90-96(71,72)81-12-17-31(27(63)37(86-17)52-7-2-22(58)47-42(52)67)91-97(73,74)82-13-18-32(28(64)38(87-18)53-8-3-23(59)48-43(53)68)92-98(75,76)83-14-19-33(29(65)39(88-19)54-9-4-24(60)49-44(54)69)93-99(77,78)84-15-20-34-35(95-100(79,80)94-34)40(89-20)55-10-5-25(61)50-45(55)70/h1-10,16-20,26-40,56,62-65H,11-15H2,(H,71,72)(H,73,74)(H,75,76)(H,77,78)(H,79,80)(H,46,57,66)(H,47,58,67)(H,48,59,68)(H,49,60,69)(H,50,61,70)/t16-,17-,18-,19-,20-,26-,27-,28-,29-,30-,31-,32-,33-,34-,35-,36-,37-,38-,39-,40-/m1/s1. The van der Waals surface area contributed by atoms with E-state index in [0.717, 1.165) is 61.3 Å². The van der Waals surface area contributed by atoms with Gasteiger partial charge < -0.3 is 73.7 Å². The van der Waals surface area contributed by atoms with Crippen molar-refractivity contribution in [2.45, 2.75) is 123 Å². The van der Waals surface area contributed by atoms with Crippen LogP contribution in [0.25, 0.3) is 0 Å². The lowest BCUT2D eigenvalue weighted by atomic mass is 10.1. The van der Waals surface area contributed by atoms with E-state index in [1.165, 1.54) is 0 Å². The van der Waals surface area contributed by atoms with Crippen molar-refractivity contribution in [3.63, 3.8) is 0 Å². The fraction of sp³-hybridized carbons (Fsp3) is 0.556. The molecular weight excluding hydrogens is 1480 g/mol. The Morgan fingerprint density at radius 2 is 0.610 bits per heavy atom. The molecule has 11 rings (SSSR count). The quantitative estimate of drug-likeness (QED) is 0.0229. The molecule has 0 amide bonds. The molecule has 5 unspecified atom stereocenters. The maximum Gasteiger partial charge on any atom is 0.473 e. The first-order valence-corrected chi connectivity index (χ1v) is 35.9. The Morgan fingerprint density at radius 3 is 0.880 bits per heavy atom. The van der Waals surface area contributed by atoms with E-state index in [9.17, 15) is 121 Å². The number of aromatic amines is 5. The van der Waals surface area contributed by atoms with Crippen molar-refractivity contribution in [2.75, 3.05) is 33.0 Å². The molecule has 0 saturated carbocycles. The summed E-state index contributed by atoms with van der Waals surface area (Å²) in [6.45, 7) is -6.47. The molecule has 6 aliphatic heterocycles. The molecule has 0 radical (unpaired) electrons. The van der Waals surface area contributed by atoms with E-state index < -0.39 is 251 Å². The van der Waals surface area contributed by atoms with Gasteiger partial charge in [-0.15, -0.1) is 0 Å². The van der Waals surface area contributed by atoms with Crippen LogP contribution in [0.1, 0.15) is 31.1 Å². The van der Waals surface area contributed by atoms with Gasteiger partial charge in [0, 0.05) is 61.3 Å². The summed E-state index contributed by atoms with van der Waals surface area (Å²) in [6, 6.07) is 3.95. The molecule has 15 N–H and O–H groups in total. The molecule has 11 heterocycles. The number of hydrogen-bond acceptors (Lipinski definition) is 35. The van der Waals surface area contributed by atoms with Crippen LogP contribution in [-0.4, -0.2) is 222 Å². The van der Waals surface area contributed by atoms with Gasteiger partial charge >= 0.3 is 67.6 Å². The van der Waals surface area contributed by atoms with Gasteiger partial charge in [0.15, 0.2) is 31.1 Å². The fourth-order valence-corrected chi connectivity index (χ4v) is 16.1. The van der Waals surface area contributed by atoms with Gasteiger partial charge in [-0.25, -0.2) is 46.8 Å². The zero-order valence-corrected chi connectivity index (χ0v) is 54.0. The minimum Gasteiger partial charge on any atom is -0.394 e. The molecule has 5 aromatic heterocycles. The third-order valence-electron chi connectivity index (χ3n) is 15.5. The van der Waals surface area contributed by atoms with Crippen molar-refractivity contribution >= 4 is 39.1 Å². The first-order valence-electron chi connectivity index (χ1n) is 28.4. The molecule has 0 aliphatic carbocycles. The summed E-state index contributed by atoms with van der Waals surface area (Å²) < 4.78 is 150. The van der Waals surface area contributed by atoms with Crippen LogP contribution in [0.4, 0.5) is 0 Å². The van der Waals surface area contributed by atoms with Gasteiger partial charge in [0.1, 0.15) is 91.6 Å². The number of phosphoric acid groups is 5. The van der Waals surface area contributed by atoms with E-state index in [4.69, 9.17) is 68.9 Å². The van der Waals surface area contributed by atoms with Gasteiger partial charge in [-0.2, -0.15) is 0 Å². The predicted octanol–water partition coefficient (Wildman–Crippen LogP) is -8.45. The van der Waals surface area contributed by atoms with Crippen LogP contribution >= 0.6 is 39.1 Å². The predicted molar refractivity (Wildman–Crippen MR) is 309 cm³/mol. The number of nitrogens with zero attached hydrogens (tertiary/aromatic N) is 5. The normalized spacial score (nSPS) is 35.1. The lowest BCUT2D eigenvalue weighted by Crippen LogP contribution is -2.40. The van der Waals surface area contributed by atoms with E-state index in [2.05, 4.69) is 0 Å². The second-order valence-corrected chi connectivity index (χ2v) is 29.0. The van der Waals surface area contributed by atoms with Crippen molar-refractivity contribution < 1.29 is 142 Å². The molecule has 0 spiro atoms. The highest BCUT2D eigenvalue weighted by molar-refractivity contribution is 7.48. The highest BCUT2D eigenvalue weighted by Crippen LogP contribution is 2.60. The van der Waals surface area contributed by atoms with E-state index >= 15 is 0 Å². The minimum atomic E-state index is -5.96. The summed E-state index contributed by atoms with van der Waals surface area (Å²) in [5, 5.41) is 55.8. The van der Waals surface area contributed by atoms with E-state index in [0.29, 0.717) is 22.8 Å². The Kier molecular flexibility index (Phi) is 21.7. The number of fused-ring (bicyclic) bond motifs is 1. The number of hydrogen-bond donors (Lipinski definition) is 15. The lowest BCUT2D eigenvalue weighted by Gasteiger charge is -2.27. The van der Waals surface area contributed by atoms with Crippen molar-refractivity contribution in [3.05, 3.63) is 166 Å². The van der Waals surface area contributed by atoms with E-state index in [-0.39, 0.29) is 0 Å². The Bertz CT molecular complexity index is 4780. The number of H-pyrrole nitrogens is 5. The zero-order valence-electron chi connectivity index (χ0n) is 49.5. The van der Waals surface area contributed by atoms with Crippen LogP contribution in [0.5, 0.6) is 0 Å². The molecule has 55 heteroatoms. The smallest absolute Gasteiger partial charge is 0.394 e. The summed E-state index contributed by atoms with van der Waals surface area (Å²) >= 11 is 0. The highest BCUT2D eigenvalue weighted by Gasteiger charge is 2.60. The average molecular weight is 1530 g/mol. The average Bonchev–Trinajstić information content (AvgIpc) is 1.62. The Labute approximate surface area is 548 Å². The number of aliphatic hydroxyl groups is 5. The van der Waals surface area contributed by atoms with Crippen LogP contribution in [0.3, 0.4) is 0 Å². The number of ether oxygens (including phenoxy) is 5. The molecule has 6 saturated heterocycles. The summed E-state index contributed by atoms with van der Waals surface area (Å²) in [6.07, 6.45) is -37.1.